The Morgan fingerprint density at radius 2 is 2.07 bits per heavy atom. The third kappa shape index (κ3) is 5.81. The highest BCUT2D eigenvalue weighted by molar-refractivity contribution is 5.79. The molecule has 1 atom stereocenters. The van der Waals surface area contributed by atoms with E-state index in [0.29, 0.717) is 6.54 Å². The molecule has 0 spiro atoms. The van der Waals surface area contributed by atoms with Crippen LogP contribution in [0.25, 0.3) is 0 Å². The van der Waals surface area contributed by atoms with Gasteiger partial charge in [-0.2, -0.15) is 0 Å². The fraction of sp³-hybridized carbons (Fsp3) is 0.700. The number of nitrogens with zero attached hydrogens (tertiary/aromatic N) is 4. The Balaban J connectivity index is 1.53. The van der Waals surface area contributed by atoms with Crippen molar-refractivity contribution in [2.75, 3.05) is 57.8 Å². The Kier molecular flexibility index (Phi) is 6.90. The highest BCUT2D eigenvalue weighted by Crippen LogP contribution is 2.23. The largest absolute Gasteiger partial charge is 0.373 e. The summed E-state index contributed by atoms with van der Waals surface area (Å²) in [6.07, 6.45) is 4.18. The SMILES string of the molecule is CCNC(=NCc1ccc(N2CCN(C)CC2)nc1)NCC1(C)CCCO1. The Bertz CT molecular complexity index is 603. The zero-order valence-corrected chi connectivity index (χ0v) is 17.0. The molecule has 7 nitrogen and oxygen atoms in total. The first-order valence-electron chi connectivity index (χ1n) is 10.1. The van der Waals surface area contributed by atoms with Gasteiger partial charge in [-0.05, 0) is 45.4 Å². The highest BCUT2D eigenvalue weighted by Gasteiger charge is 2.29. The van der Waals surface area contributed by atoms with Crippen molar-refractivity contribution in [3.05, 3.63) is 23.9 Å². The smallest absolute Gasteiger partial charge is 0.191 e. The van der Waals surface area contributed by atoms with Gasteiger partial charge in [-0.15, -0.1) is 0 Å². The van der Waals surface area contributed by atoms with Crippen LogP contribution in [0, 0.1) is 0 Å². The average Bonchev–Trinajstić information content (AvgIpc) is 3.12. The van der Waals surface area contributed by atoms with Crippen LogP contribution < -0.4 is 15.5 Å². The van der Waals surface area contributed by atoms with Crippen molar-refractivity contribution in [2.45, 2.75) is 38.8 Å². The molecule has 2 aliphatic heterocycles. The first-order chi connectivity index (χ1) is 13.1. The Morgan fingerprint density at radius 1 is 1.26 bits per heavy atom. The molecule has 0 radical (unpaired) electrons. The fourth-order valence-electron chi connectivity index (χ4n) is 3.49. The van der Waals surface area contributed by atoms with E-state index >= 15 is 0 Å². The summed E-state index contributed by atoms with van der Waals surface area (Å²) in [7, 11) is 2.17. The lowest BCUT2D eigenvalue weighted by Crippen LogP contribution is -2.45. The number of ether oxygens (including phenoxy) is 1. The molecule has 2 aliphatic rings. The van der Waals surface area contributed by atoms with Crippen molar-refractivity contribution < 1.29 is 4.74 Å². The van der Waals surface area contributed by atoms with Crippen molar-refractivity contribution in [3.8, 4) is 0 Å². The van der Waals surface area contributed by atoms with Gasteiger partial charge in [0.2, 0.25) is 0 Å². The maximum Gasteiger partial charge on any atom is 0.191 e. The number of hydrogen-bond donors (Lipinski definition) is 2. The van der Waals surface area contributed by atoms with Gasteiger partial charge in [0.25, 0.3) is 0 Å². The zero-order valence-electron chi connectivity index (χ0n) is 17.0. The number of pyridine rings is 1. The van der Waals surface area contributed by atoms with E-state index in [1.165, 1.54) is 0 Å². The maximum atomic E-state index is 5.85. The molecule has 0 aliphatic carbocycles. The fourth-order valence-corrected chi connectivity index (χ4v) is 3.49. The van der Waals surface area contributed by atoms with Crippen LogP contribution in [0.3, 0.4) is 0 Å². The van der Waals surface area contributed by atoms with E-state index in [2.05, 4.69) is 58.4 Å². The summed E-state index contributed by atoms with van der Waals surface area (Å²) in [5.74, 6) is 1.89. The van der Waals surface area contributed by atoms with Gasteiger partial charge < -0.3 is 25.2 Å². The summed E-state index contributed by atoms with van der Waals surface area (Å²) in [5.41, 5.74) is 1.04. The molecule has 2 fully saturated rings. The maximum absolute atomic E-state index is 5.85. The second-order valence-corrected chi connectivity index (χ2v) is 7.77. The third-order valence-electron chi connectivity index (χ3n) is 5.33. The Morgan fingerprint density at radius 3 is 2.70 bits per heavy atom. The average molecular weight is 375 g/mol. The van der Waals surface area contributed by atoms with E-state index in [4.69, 9.17) is 9.73 Å². The van der Waals surface area contributed by atoms with E-state index < -0.39 is 0 Å². The van der Waals surface area contributed by atoms with Gasteiger partial charge in [-0.3, -0.25) is 0 Å². The minimum Gasteiger partial charge on any atom is -0.373 e. The summed E-state index contributed by atoms with van der Waals surface area (Å²) in [6.45, 7) is 11.6. The molecule has 3 heterocycles. The van der Waals surface area contributed by atoms with Crippen molar-refractivity contribution in [1.82, 2.24) is 20.5 Å². The molecule has 0 aromatic carbocycles. The topological polar surface area (TPSA) is 65.0 Å². The number of rotatable bonds is 6. The van der Waals surface area contributed by atoms with Crippen LogP contribution in [-0.4, -0.2) is 74.4 Å². The molecule has 2 N–H and O–H groups in total. The van der Waals surface area contributed by atoms with Crippen LogP contribution >= 0.6 is 0 Å². The zero-order chi connectivity index (χ0) is 19.1. The molecular formula is C20H34N6O. The normalized spacial score (nSPS) is 24.3. The van der Waals surface area contributed by atoms with Gasteiger partial charge in [-0.1, -0.05) is 6.07 Å². The van der Waals surface area contributed by atoms with Gasteiger partial charge in [-0.25, -0.2) is 9.98 Å². The Hall–Kier alpha value is -1.86. The van der Waals surface area contributed by atoms with Crippen LogP contribution in [-0.2, 0) is 11.3 Å². The predicted molar refractivity (Wildman–Crippen MR) is 110 cm³/mol. The molecule has 2 saturated heterocycles. The molecule has 150 valence electrons. The molecule has 1 aromatic heterocycles. The number of aliphatic imine (C=N–C) groups is 1. The second kappa shape index (κ2) is 9.37. The number of guanidine groups is 1. The molecule has 27 heavy (non-hydrogen) atoms. The monoisotopic (exact) mass is 374 g/mol. The summed E-state index contributed by atoms with van der Waals surface area (Å²) < 4.78 is 5.85. The lowest BCUT2D eigenvalue weighted by molar-refractivity contribution is 0.0243. The summed E-state index contributed by atoms with van der Waals surface area (Å²) in [6, 6.07) is 4.25. The summed E-state index contributed by atoms with van der Waals surface area (Å²) >= 11 is 0. The number of likely N-dealkylation sites (N-methyl/N-ethyl adjacent to an activating group) is 1. The van der Waals surface area contributed by atoms with Gasteiger partial charge in [0, 0.05) is 52.1 Å². The molecule has 1 unspecified atom stereocenters. The number of hydrogen-bond acceptors (Lipinski definition) is 5. The minimum absolute atomic E-state index is 0.0814. The lowest BCUT2D eigenvalue weighted by Gasteiger charge is -2.33. The van der Waals surface area contributed by atoms with E-state index in [0.717, 1.165) is 76.1 Å². The minimum atomic E-state index is -0.0814. The van der Waals surface area contributed by atoms with E-state index in [9.17, 15) is 0 Å². The van der Waals surface area contributed by atoms with Crippen molar-refractivity contribution in [3.63, 3.8) is 0 Å². The van der Waals surface area contributed by atoms with Crippen LogP contribution in [0.1, 0.15) is 32.3 Å². The Labute approximate surface area is 163 Å². The number of anilines is 1. The van der Waals surface area contributed by atoms with E-state index in [1.54, 1.807) is 0 Å². The number of aromatic nitrogens is 1. The summed E-state index contributed by atoms with van der Waals surface area (Å²) in [5, 5.41) is 6.73. The number of piperazine rings is 1. The van der Waals surface area contributed by atoms with Gasteiger partial charge in [0.15, 0.2) is 5.96 Å². The van der Waals surface area contributed by atoms with Gasteiger partial charge in [0.05, 0.1) is 12.1 Å². The molecule has 3 rings (SSSR count). The number of nitrogens with one attached hydrogen (secondary N) is 2. The first-order valence-corrected chi connectivity index (χ1v) is 10.1. The van der Waals surface area contributed by atoms with Crippen LogP contribution in [0.15, 0.2) is 23.3 Å². The van der Waals surface area contributed by atoms with Crippen molar-refractivity contribution in [2.24, 2.45) is 4.99 Å². The first kappa shape index (κ1) is 19.9. The summed E-state index contributed by atoms with van der Waals surface area (Å²) in [4.78, 5) is 14.1. The van der Waals surface area contributed by atoms with Gasteiger partial charge in [0.1, 0.15) is 5.82 Å². The van der Waals surface area contributed by atoms with Crippen molar-refractivity contribution in [1.29, 1.82) is 0 Å². The molecule has 0 bridgehead atoms. The second-order valence-electron chi connectivity index (χ2n) is 7.77. The standard InChI is InChI=1S/C20H34N6O/c1-4-21-19(24-16-20(2)8-5-13-27-20)23-15-17-6-7-18(22-14-17)26-11-9-25(3)10-12-26/h6-7,14H,4-5,8-13,15-16H2,1-3H3,(H2,21,23,24). The van der Waals surface area contributed by atoms with Gasteiger partial charge >= 0.3 is 0 Å². The quantitative estimate of drug-likeness (QED) is 0.581. The lowest BCUT2D eigenvalue weighted by atomic mass is 10.0. The van der Waals surface area contributed by atoms with E-state index in [-0.39, 0.29) is 5.60 Å². The van der Waals surface area contributed by atoms with Crippen LogP contribution in [0.5, 0.6) is 0 Å². The molecule has 7 heteroatoms. The predicted octanol–water partition coefficient (Wildman–Crippen LogP) is 1.46. The molecular weight excluding hydrogens is 340 g/mol. The van der Waals surface area contributed by atoms with Crippen LogP contribution in [0.2, 0.25) is 0 Å². The van der Waals surface area contributed by atoms with E-state index in [1.807, 2.05) is 6.20 Å². The van der Waals surface area contributed by atoms with Crippen LogP contribution in [0.4, 0.5) is 5.82 Å². The molecule has 1 aromatic rings. The highest BCUT2D eigenvalue weighted by atomic mass is 16.5. The van der Waals surface area contributed by atoms with Crippen molar-refractivity contribution >= 4 is 11.8 Å². The molecule has 0 saturated carbocycles. The molecule has 0 amide bonds. The third-order valence-corrected chi connectivity index (χ3v) is 5.33.